The minimum Gasteiger partial charge on any atom is -0.381 e. The molecule has 6 nitrogen and oxygen atoms in total. The van der Waals surface area contributed by atoms with Crippen LogP contribution in [-0.2, 0) is 19.1 Å². The molecule has 0 bridgehead atoms. The lowest BCUT2D eigenvalue weighted by Crippen LogP contribution is -2.39. The van der Waals surface area contributed by atoms with Crippen LogP contribution >= 0.6 is 0 Å². The standard InChI is InChI=1S/2C16H29NO2/c2*1-3-4-5-6-7-8-9-10-16(18)17-13-11-15(19-2)12-14-17/h2*9-10,15H,3-8,11-14H2,1-2H3/b2*10-9+. The third-order valence-corrected chi connectivity index (χ3v) is 7.64. The number of hydrogen-bond donors (Lipinski definition) is 0. The molecular weight excluding hydrogens is 476 g/mol. The molecule has 0 aromatic heterocycles. The van der Waals surface area contributed by atoms with Gasteiger partial charge < -0.3 is 19.3 Å². The molecule has 38 heavy (non-hydrogen) atoms. The van der Waals surface area contributed by atoms with Crippen molar-refractivity contribution in [1.29, 1.82) is 0 Å². The van der Waals surface area contributed by atoms with Crippen LogP contribution < -0.4 is 0 Å². The normalized spacial score (nSPS) is 17.3. The second-order valence-corrected chi connectivity index (χ2v) is 10.7. The largest absolute Gasteiger partial charge is 0.381 e. The number of nitrogens with zero attached hydrogens (tertiary/aromatic N) is 2. The lowest BCUT2D eigenvalue weighted by atomic mass is 10.1. The number of unbranched alkanes of at least 4 members (excludes halogenated alkanes) is 10. The van der Waals surface area contributed by atoms with Crippen LogP contribution in [0, 0.1) is 0 Å². The average Bonchev–Trinajstić information content (AvgIpc) is 2.96. The van der Waals surface area contributed by atoms with Gasteiger partial charge in [-0.05, 0) is 63.5 Å². The van der Waals surface area contributed by atoms with Crippen molar-refractivity contribution in [3.8, 4) is 0 Å². The Balaban J connectivity index is 0.000000380. The topological polar surface area (TPSA) is 59.1 Å². The highest BCUT2D eigenvalue weighted by Gasteiger charge is 2.21. The quantitative estimate of drug-likeness (QED) is 0.157. The summed E-state index contributed by atoms with van der Waals surface area (Å²) in [4.78, 5) is 27.7. The average molecular weight is 535 g/mol. The zero-order valence-electron chi connectivity index (χ0n) is 25.1. The molecule has 0 aromatic carbocycles. The Hall–Kier alpha value is -1.66. The summed E-state index contributed by atoms with van der Waals surface area (Å²) in [6, 6.07) is 0. The number of carbonyl (C=O) groups excluding carboxylic acids is 2. The zero-order chi connectivity index (χ0) is 27.8. The second-order valence-electron chi connectivity index (χ2n) is 10.7. The third kappa shape index (κ3) is 16.3. The van der Waals surface area contributed by atoms with Crippen LogP contribution in [0.15, 0.2) is 24.3 Å². The number of carbonyl (C=O) groups is 2. The van der Waals surface area contributed by atoms with E-state index < -0.39 is 0 Å². The number of methoxy groups -OCH3 is 2. The highest BCUT2D eigenvalue weighted by Crippen LogP contribution is 2.14. The molecule has 0 spiro atoms. The smallest absolute Gasteiger partial charge is 0.246 e. The van der Waals surface area contributed by atoms with Crippen LogP contribution in [0.4, 0.5) is 0 Å². The van der Waals surface area contributed by atoms with Gasteiger partial charge in [0.1, 0.15) is 0 Å². The van der Waals surface area contributed by atoms with E-state index >= 15 is 0 Å². The SMILES string of the molecule is CCCCCCC/C=C/C(=O)N1CCC(OC)CC1.CCCCCCC/C=C/C(=O)N1CCC(OC)CC1. The molecule has 0 aromatic rings. The Bertz CT molecular complexity index is 592. The number of likely N-dealkylation sites (tertiary alicyclic amines) is 2. The van der Waals surface area contributed by atoms with Gasteiger partial charge in [-0.2, -0.15) is 0 Å². The lowest BCUT2D eigenvalue weighted by Gasteiger charge is -2.30. The fourth-order valence-electron chi connectivity index (χ4n) is 4.93. The van der Waals surface area contributed by atoms with Crippen LogP contribution in [-0.4, -0.2) is 74.2 Å². The van der Waals surface area contributed by atoms with E-state index in [1.807, 2.05) is 22.0 Å². The van der Waals surface area contributed by atoms with Gasteiger partial charge in [-0.1, -0.05) is 77.4 Å². The molecule has 2 amide bonds. The predicted octanol–water partition coefficient (Wildman–Crippen LogP) is 7.08. The predicted molar refractivity (Wildman–Crippen MR) is 158 cm³/mol. The van der Waals surface area contributed by atoms with Crippen molar-refractivity contribution in [2.45, 2.75) is 129 Å². The first-order chi connectivity index (χ1) is 18.5. The molecule has 6 heteroatoms. The van der Waals surface area contributed by atoms with Crippen LogP contribution in [0.25, 0.3) is 0 Å². The van der Waals surface area contributed by atoms with Gasteiger partial charge in [-0.3, -0.25) is 9.59 Å². The van der Waals surface area contributed by atoms with Gasteiger partial charge >= 0.3 is 0 Å². The van der Waals surface area contributed by atoms with Crippen LogP contribution in [0.5, 0.6) is 0 Å². The van der Waals surface area contributed by atoms with Crippen molar-refractivity contribution in [1.82, 2.24) is 9.80 Å². The van der Waals surface area contributed by atoms with Gasteiger partial charge in [0.2, 0.25) is 11.8 Å². The number of amides is 2. The molecule has 2 saturated heterocycles. The first-order valence-corrected chi connectivity index (χ1v) is 15.5. The second kappa shape index (κ2) is 23.2. The molecule has 0 N–H and O–H groups in total. The summed E-state index contributed by atoms with van der Waals surface area (Å²) in [5, 5.41) is 0. The number of piperidine rings is 2. The van der Waals surface area contributed by atoms with Crippen molar-refractivity contribution in [3.05, 3.63) is 24.3 Å². The number of ether oxygens (including phenoxy) is 2. The molecular formula is C32H58N2O4. The maximum atomic E-state index is 11.9. The monoisotopic (exact) mass is 534 g/mol. The molecule has 0 aliphatic carbocycles. The molecule has 220 valence electrons. The molecule has 0 atom stereocenters. The summed E-state index contributed by atoms with van der Waals surface area (Å²) in [5.74, 6) is 0.339. The van der Waals surface area contributed by atoms with Crippen LogP contribution in [0.1, 0.15) is 117 Å². The Kier molecular flexibility index (Phi) is 21.0. The number of rotatable bonds is 16. The van der Waals surface area contributed by atoms with E-state index in [1.165, 1.54) is 64.2 Å². The van der Waals surface area contributed by atoms with Crippen molar-refractivity contribution in [3.63, 3.8) is 0 Å². The van der Waals surface area contributed by atoms with Crippen molar-refractivity contribution in [2.24, 2.45) is 0 Å². The Labute approximate surface area is 234 Å². The number of allylic oxidation sites excluding steroid dienone is 2. The fourth-order valence-corrected chi connectivity index (χ4v) is 4.93. The Morgan fingerprint density at radius 2 is 0.947 bits per heavy atom. The van der Waals surface area contributed by atoms with E-state index in [2.05, 4.69) is 13.8 Å². The van der Waals surface area contributed by atoms with Gasteiger partial charge in [0.05, 0.1) is 12.2 Å². The summed E-state index contributed by atoms with van der Waals surface area (Å²) in [7, 11) is 3.50. The third-order valence-electron chi connectivity index (χ3n) is 7.64. The van der Waals surface area contributed by atoms with E-state index in [0.717, 1.165) is 64.7 Å². The highest BCUT2D eigenvalue weighted by atomic mass is 16.5. The molecule has 0 radical (unpaired) electrons. The molecule has 2 fully saturated rings. The summed E-state index contributed by atoms with van der Waals surface area (Å²) >= 11 is 0. The Morgan fingerprint density at radius 1 is 0.605 bits per heavy atom. The van der Waals surface area contributed by atoms with E-state index in [0.29, 0.717) is 12.2 Å². The maximum absolute atomic E-state index is 11.9. The van der Waals surface area contributed by atoms with Crippen LogP contribution in [0.3, 0.4) is 0 Å². The molecule has 0 saturated carbocycles. The van der Waals surface area contributed by atoms with Gasteiger partial charge in [0.15, 0.2) is 0 Å². The van der Waals surface area contributed by atoms with Crippen molar-refractivity contribution >= 4 is 11.8 Å². The lowest BCUT2D eigenvalue weighted by molar-refractivity contribution is -0.129. The number of hydrogen-bond acceptors (Lipinski definition) is 4. The van der Waals surface area contributed by atoms with E-state index in [4.69, 9.17) is 9.47 Å². The Morgan fingerprint density at radius 3 is 1.26 bits per heavy atom. The summed E-state index contributed by atoms with van der Waals surface area (Å²) in [5.41, 5.74) is 0. The van der Waals surface area contributed by atoms with Gasteiger partial charge in [-0.15, -0.1) is 0 Å². The van der Waals surface area contributed by atoms with Crippen molar-refractivity contribution < 1.29 is 19.1 Å². The van der Waals surface area contributed by atoms with Gasteiger partial charge in [-0.25, -0.2) is 0 Å². The molecule has 2 aliphatic rings. The maximum Gasteiger partial charge on any atom is 0.246 e. The first-order valence-electron chi connectivity index (χ1n) is 15.5. The van der Waals surface area contributed by atoms with E-state index in [-0.39, 0.29) is 11.8 Å². The van der Waals surface area contributed by atoms with E-state index in [1.54, 1.807) is 26.4 Å². The fraction of sp³-hybridized carbons (Fsp3) is 0.812. The summed E-state index contributed by atoms with van der Waals surface area (Å²) in [6.07, 6.45) is 27.0. The first kappa shape index (κ1) is 34.4. The summed E-state index contributed by atoms with van der Waals surface area (Å²) < 4.78 is 10.6. The molecule has 2 rings (SSSR count). The van der Waals surface area contributed by atoms with Gasteiger partial charge in [0, 0.05) is 40.4 Å². The van der Waals surface area contributed by atoms with Crippen molar-refractivity contribution in [2.75, 3.05) is 40.4 Å². The molecule has 0 unspecified atom stereocenters. The molecule has 2 aliphatic heterocycles. The van der Waals surface area contributed by atoms with Crippen LogP contribution in [0.2, 0.25) is 0 Å². The minimum atomic E-state index is 0.170. The molecule has 2 heterocycles. The summed E-state index contributed by atoms with van der Waals surface area (Å²) in [6.45, 7) is 7.78. The highest BCUT2D eigenvalue weighted by molar-refractivity contribution is 5.88. The van der Waals surface area contributed by atoms with E-state index in [9.17, 15) is 9.59 Å². The zero-order valence-corrected chi connectivity index (χ0v) is 25.1. The minimum absolute atomic E-state index is 0.170. The van der Waals surface area contributed by atoms with Gasteiger partial charge in [0.25, 0.3) is 0 Å².